The van der Waals surface area contributed by atoms with Gasteiger partial charge in [-0.1, -0.05) is 18.2 Å². The highest BCUT2D eigenvalue weighted by Gasteiger charge is 2.36. The van der Waals surface area contributed by atoms with Gasteiger partial charge in [-0.3, -0.25) is 9.69 Å². The molecule has 1 saturated heterocycles. The molecule has 2 aromatic rings. The lowest BCUT2D eigenvalue weighted by atomic mass is 9.79. The molecule has 5 nitrogen and oxygen atoms in total. The van der Waals surface area contributed by atoms with E-state index in [1.807, 2.05) is 4.90 Å². The molecule has 0 unspecified atom stereocenters. The maximum atomic E-state index is 13.0. The van der Waals surface area contributed by atoms with Crippen molar-refractivity contribution >= 4 is 22.4 Å². The zero-order chi connectivity index (χ0) is 17.0. The highest BCUT2D eigenvalue weighted by atomic mass is 16.5. The molecule has 1 N–H and O–H groups in total. The first kappa shape index (κ1) is 15.2. The third-order valence-electron chi connectivity index (χ3n) is 5.91. The minimum Gasteiger partial charge on any atom is -0.378 e. The molecule has 1 aromatic heterocycles. The third-order valence-corrected chi connectivity index (χ3v) is 5.91. The number of nitrogens with zero attached hydrogens (tertiary/aromatic N) is 2. The molecule has 25 heavy (non-hydrogen) atoms. The fourth-order valence-corrected chi connectivity index (χ4v) is 4.62. The summed E-state index contributed by atoms with van der Waals surface area (Å²) in [7, 11) is 2.15. The number of benzene rings is 1. The lowest BCUT2D eigenvalue weighted by Gasteiger charge is -2.41. The van der Waals surface area contributed by atoms with E-state index in [4.69, 9.17) is 4.74 Å². The predicted octanol–water partition coefficient (Wildman–Crippen LogP) is 1.90. The number of nitrogens with one attached hydrogen (secondary N) is 1. The largest absolute Gasteiger partial charge is 0.378 e. The van der Waals surface area contributed by atoms with Gasteiger partial charge in [0.05, 0.1) is 19.1 Å². The van der Waals surface area contributed by atoms with E-state index in [0.29, 0.717) is 32.3 Å². The van der Waals surface area contributed by atoms with Crippen molar-refractivity contribution < 1.29 is 9.53 Å². The van der Waals surface area contributed by atoms with E-state index < -0.39 is 0 Å². The molecule has 3 heterocycles. The second kappa shape index (κ2) is 5.71. The maximum Gasteiger partial charge on any atom is 0.230 e. The van der Waals surface area contributed by atoms with Crippen molar-refractivity contribution in [2.24, 2.45) is 5.92 Å². The standard InChI is InChI=1S/C20H23N3O2/c1-22-12-14(20(24)23-5-7-25-8-6-23)9-16-15-3-2-4-17-19(15)13(11-21-17)10-18(16)22/h2-4,9,11,14,18,21H,5-8,10,12H2,1H3/t14-,18-/m1/s1. The first-order chi connectivity index (χ1) is 12.2. The number of carbonyl (C=O) groups excluding carboxylic acids is 1. The minimum atomic E-state index is -0.0647. The lowest BCUT2D eigenvalue weighted by molar-refractivity contribution is -0.138. The smallest absolute Gasteiger partial charge is 0.230 e. The molecule has 0 spiro atoms. The molecule has 5 heteroatoms. The molecule has 1 fully saturated rings. The van der Waals surface area contributed by atoms with Crippen LogP contribution >= 0.6 is 0 Å². The summed E-state index contributed by atoms with van der Waals surface area (Å²) in [6.45, 7) is 3.52. The molecular weight excluding hydrogens is 314 g/mol. The number of H-pyrrole nitrogens is 1. The molecule has 1 amide bonds. The van der Waals surface area contributed by atoms with Crippen LogP contribution in [0.5, 0.6) is 0 Å². The molecule has 3 aliphatic rings. The van der Waals surface area contributed by atoms with Gasteiger partial charge in [-0.25, -0.2) is 0 Å². The Morgan fingerprint density at radius 2 is 2.12 bits per heavy atom. The number of morpholine rings is 1. The maximum absolute atomic E-state index is 13.0. The molecule has 0 radical (unpaired) electrons. The molecule has 1 aliphatic carbocycles. The number of carbonyl (C=O) groups is 1. The quantitative estimate of drug-likeness (QED) is 0.865. The summed E-state index contributed by atoms with van der Waals surface area (Å²) in [4.78, 5) is 20.7. The summed E-state index contributed by atoms with van der Waals surface area (Å²) in [5.41, 5.74) is 5.18. The highest BCUT2D eigenvalue weighted by Crippen LogP contribution is 2.40. The van der Waals surface area contributed by atoms with Crippen LogP contribution in [0.25, 0.3) is 16.5 Å². The van der Waals surface area contributed by atoms with E-state index in [1.165, 1.54) is 27.6 Å². The van der Waals surface area contributed by atoms with Crippen molar-refractivity contribution in [2.75, 3.05) is 39.9 Å². The molecule has 2 aliphatic heterocycles. The average molecular weight is 337 g/mol. The summed E-state index contributed by atoms with van der Waals surface area (Å²) in [6, 6.07) is 6.80. The van der Waals surface area contributed by atoms with Gasteiger partial charge in [0.2, 0.25) is 5.91 Å². The monoisotopic (exact) mass is 337 g/mol. The minimum absolute atomic E-state index is 0.0647. The Balaban J connectivity index is 1.55. The predicted molar refractivity (Wildman–Crippen MR) is 97.3 cm³/mol. The number of amides is 1. The average Bonchev–Trinajstić information content (AvgIpc) is 3.07. The Morgan fingerprint density at radius 3 is 2.96 bits per heavy atom. The summed E-state index contributed by atoms with van der Waals surface area (Å²) < 4.78 is 5.39. The van der Waals surface area contributed by atoms with Crippen LogP contribution in [0.15, 0.2) is 30.5 Å². The van der Waals surface area contributed by atoms with E-state index in [1.54, 1.807) is 0 Å². The van der Waals surface area contributed by atoms with E-state index >= 15 is 0 Å². The van der Waals surface area contributed by atoms with Crippen LogP contribution in [0, 0.1) is 5.92 Å². The fourth-order valence-electron chi connectivity index (χ4n) is 4.62. The first-order valence-corrected chi connectivity index (χ1v) is 9.10. The van der Waals surface area contributed by atoms with Crippen molar-refractivity contribution in [2.45, 2.75) is 12.5 Å². The summed E-state index contributed by atoms with van der Waals surface area (Å²) in [5, 5.41) is 1.33. The third kappa shape index (κ3) is 2.34. The molecule has 2 atom stereocenters. The number of hydrogen-bond acceptors (Lipinski definition) is 3. The highest BCUT2D eigenvalue weighted by molar-refractivity contribution is 5.99. The van der Waals surface area contributed by atoms with E-state index in [9.17, 15) is 4.79 Å². The normalized spacial score (nSPS) is 26.4. The summed E-state index contributed by atoms with van der Waals surface area (Å²) in [6.07, 6.45) is 5.40. The van der Waals surface area contributed by atoms with Gasteiger partial charge in [0.25, 0.3) is 0 Å². The van der Waals surface area contributed by atoms with E-state index in [0.717, 1.165) is 13.0 Å². The number of hydrogen-bond donors (Lipinski definition) is 1. The van der Waals surface area contributed by atoms with Crippen LogP contribution in [0.3, 0.4) is 0 Å². The molecule has 5 rings (SSSR count). The van der Waals surface area contributed by atoms with E-state index in [2.05, 4.69) is 47.4 Å². The van der Waals surface area contributed by atoms with Crippen LogP contribution in [-0.2, 0) is 16.0 Å². The summed E-state index contributed by atoms with van der Waals surface area (Å²) in [5.74, 6) is 0.179. The number of aromatic amines is 1. The van der Waals surface area contributed by atoms with Gasteiger partial charge in [-0.2, -0.15) is 0 Å². The lowest BCUT2D eigenvalue weighted by Crippen LogP contribution is -2.49. The van der Waals surface area contributed by atoms with E-state index in [-0.39, 0.29) is 11.8 Å². The van der Waals surface area contributed by atoms with Crippen LogP contribution in [0.1, 0.15) is 11.1 Å². The van der Waals surface area contributed by atoms with Gasteiger partial charge in [0.1, 0.15) is 0 Å². The Kier molecular flexibility index (Phi) is 3.47. The van der Waals surface area contributed by atoms with Crippen molar-refractivity contribution in [1.82, 2.24) is 14.8 Å². The van der Waals surface area contributed by atoms with Crippen LogP contribution in [-0.4, -0.2) is 66.6 Å². The SMILES string of the molecule is CN1C[C@H](C(=O)N2CCOCC2)C=C2c3cccc4[nH]cc(c34)C[C@H]21. The second-order valence-corrected chi connectivity index (χ2v) is 7.37. The van der Waals surface area contributed by atoms with Gasteiger partial charge in [-0.05, 0) is 36.2 Å². The number of aromatic nitrogens is 1. The second-order valence-electron chi connectivity index (χ2n) is 7.37. The topological polar surface area (TPSA) is 48.6 Å². The van der Waals surface area contributed by atoms with Gasteiger partial charge in [0.15, 0.2) is 0 Å². The molecule has 0 bridgehead atoms. The van der Waals surface area contributed by atoms with Gasteiger partial charge < -0.3 is 14.6 Å². The van der Waals surface area contributed by atoms with Crippen LogP contribution < -0.4 is 0 Å². The van der Waals surface area contributed by atoms with Crippen LogP contribution in [0.2, 0.25) is 0 Å². The zero-order valence-electron chi connectivity index (χ0n) is 14.5. The number of ether oxygens (including phenoxy) is 1. The van der Waals surface area contributed by atoms with Gasteiger partial charge in [0, 0.05) is 42.8 Å². The Bertz CT molecular complexity index is 863. The van der Waals surface area contributed by atoms with Crippen molar-refractivity contribution in [3.05, 3.63) is 41.6 Å². The fraction of sp³-hybridized carbons (Fsp3) is 0.450. The number of likely N-dealkylation sites (N-methyl/N-ethyl adjacent to an activating group) is 1. The molecule has 0 saturated carbocycles. The molecule has 130 valence electrons. The first-order valence-electron chi connectivity index (χ1n) is 9.10. The number of fused-ring (bicyclic) bond motifs is 2. The van der Waals surface area contributed by atoms with Gasteiger partial charge in [-0.15, -0.1) is 0 Å². The zero-order valence-corrected chi connectivity index (χ0v) is 14.5. The summed E-state index contributed by atoms with van der Waals surface area (Å²) >= 11 is 0. The molecule has 1 aromatic carbocycles. The number of rotatable bonds is 1. The Morgan fingerprint density at radius 1 is 1.28 bits per heavy atom. The van der Waals surface area contributed by atoms with Crippen molar-refractivity contribution in [1.29, 1.82) is 0 Å². The van der Waals surface area contributed by atoms with Gasteiger partial charge >= 0.3 is 0 Å². The van der Waals surface area contributed by atoms with Crippen molar-refractivity contribution in [3.8, 4) is 0 Å². The molecular formula is C20H23N3O2. The van der Waals surface area contributed by atoms with Crippen LogP contribution in [0.4, 0.5) is 0 Å². The Labute approximate surface area is 147 Å². The van der Waals surface area contributed by atoms with Crippen molar-refractivity contribution in [3.63, 3.8) is 0 Å². The Hall–Kier alpha value is -2.11.